The highest BCUT2D eigenvalue weighted by molar-refractivity contribution is 9.10. The van der Waals surface area contributed by atoms with Gasteiger partial charge < -0.3 is 16.0 Å². The zero-order valence-electron chi connectivity index (χ0n) is 16.1. The molecule has 0 saturated heterocycles. The maximum atomic E-state index is 13.1. The average Bonchev–Trinajstić information content (AvgIpc) is 3.04. The third-order valence-electron chi connectivity index (χ3n) is 5.08. The third-order valence-corrected chi connectivity index (χ3v) is 6.13. The maximum Gasteiger partial charge on any atom is 0.256 e. The molecule has 3 N–H and O–H groups in total. The molecule has 6 nitrogen and oxygen atoms in total. The van der Waals surface area contributed by atoms with Crippen LogP contribution in [0.1, 0.15) is 26.3 Å². The first kappa shape index (κ1) is 21.3. The zero-order chi connectivity index (χ0) is 22.0. The number of hydrogen-bond donors (Lipinski definition) is 3. The van der Waals surface area contributed by atoms with Crippen molar-refractivity contribution in [2.24, 2.45) is 0 Å². The van der Waals surface area contributed by atoms with E-state index in [1.54, 1.807) is 72.8 Å². The van der Waals surface area contributed by atoms with E-state index in [1.165, 1.54) is 0 Å². The van der Waals surface area contributed by atoms with Gasteiger partial charge >= 0.3 is 0 Å². The molecule has 1 aliphatic rings. The SMILES string of the molecule is O=C(NCC1(NC(=O)c2ccc(Br)cc2)C(=O)Nc2ccccc21)c1ccc(Br)cc1. The molecule has 4 rings (SSSR count). The van der Waals surface area contributed by atoms with Crippen molar-refractivity contribution in [1.82, 2.24) is 10.6 Å². The van der Waals surface area contributed by atoms with Gasteiger partial charge in [-0.15, -0.1) is 0 Å². The summed E-state index contributed by atoms with van der Waals surface area (Å²) in [5, 5.41) is 8.47. The molecule has 3 amide bonds. The quantitative estimate of drug-likeness (QED) is 0.451. The Morgan fingerprint density at radius 3 is 1.97 bits per heavy atom. The molecule has 0 spiro atoms. The molecule has 31 heavy (non-hydrogen) atoms. The number of carbonyl (C=O) groups excluding carboxylic acids is 3. The van der Waals surface area contributed by atoms with Crippen LogP contribution in [0.15, 0.2) is 81.7 Å². The summed E-state index contributed by atoms with van der Waals surface area (Å²) in [6.45, 7) is -0.104. The van der Waals surface area contributed by atoms with Crippen LogP contribution in [0.25, 0.3) is 0 Å². The highest BCUT2D eigenvalue weighted by Crippen LogP contribution is 2.36. The largest absolute Gasteiger partial charge is 0.349 e. The lowest BCUT2D eigenvalue weighted by atomic mass is 9.90. The van der Waals surface area contributed by atoms with Crippen molar-refractivity contribution in [3.05, 3.63) is 98.4 Å². The molecule has 1 unspecified atom stereocenters. The van der Waals surface area contributed by atoms with E-state index in [0.717, 1.165) is 8.95 Å². The molecule has 3 aromatic carbocycles. The van der Waals surface area contributed by atoms with Crippen LogP contribution in [0.2, 0.25) is 0 Å². The lowest BCUT2D eigenvalue weighted by molar-refractivity contribution is -0.121. The lowest BCUT2D eigenvalue weighted by Gasteiger charge is -2.29. The number of para-hydroxylation sites is 1. The molecule has 0 aromatic heterocycles. The van der Waals surface area contributed by atoms with Crippen LogP contribution in [0.4, 0.5) is 5.69 Å². The van der Waals surface area contributed by atoms with Gasteiger partial charge in [0.2, 0.25) is 0 Å². The second-order valence-corrected chi connectivity index (χ2v) is 8.89. The molecule has 0 bridgehead atoms. The summed E-state index contributed by atoms with van der Waals surface area (Å²) < 4.78 is 1.69. The van der Waals surface area contributed by atoms with Gasteiger partial charge in [-0.3, -0.25) is 14.4 Å². The van der Waals surface area contributed by atoms with Gasteiger partial charge in [0, 0.05) is 31.3 Å². The van der Waals surface area contributed by atoms with Crippen LogP contribution in [0.3, 0.4) is 0 Å². The number of amides is 3. The van der Waals surface area contributed by atoms with Crippen LogP contribution in [-0.4, -0.2) is 24.3 Å². The van der Waals surface area contributed by atoms with E-state index in [2.05, 4.69) is 47.8 Å². The first-order chi connectivity index (χ1) is 14.9. The predicted octanol–water partition coefficient (Wildman–Crippen LogP) is 4.22. The van der Waals surface area contributed by atoms with Crippen LogP contribution in [0.5, 0.6) is 0 Å². The number of rotatable bonds is 5. The molecular formula is C23H17Br2N3O3. The normalized spacial score (nSPS) is 16.9. The minimum absolute atomic E-state index is 0.104. The zero-order valence-corrected chi connectivity index (χ0v) is 19.3. The monoisotopic (exact) mass is 541 g/mol. The lowest BCUT2D eigenvalue weighted by Crippen LogP contribution is -2.57. The third kappa shape index (κ3) is 4.26. The Labute approximate surface area is 195 Å². The molecule has 0 fully saturated rings. The van der Waals surface area contributed by atoms with E-state index in [-0.39, 0.29) is 12.5 Å². The van der Waals surface area contributed by atoms with E-state index >= 15 is 0 Å². The van der Waals surface area contributed by atoms with Crippen LogP contribution < -0.4 is 16.0 Å². The first-order valence-corrected chi connectivity index (χ1v) is 11.0. The van der Waals surface area contributed by atoms with Gasteiger partial charge in [0.05, 0.1) is 6.54 Å². The number of hydrogen-bond acceptors (Lipinski definition) is 3. The second-order valence-electron chi connectivity index (χ2n) is 7.06. The van der Waals surface area contributed by atoms with Crippen LogP contribution >= 0.6 is 31.9 Å². The summed E-state index contributed by atoms with van der Waals surface area (Å²) in [6, 6.07) is 20.8. The Bertz CT molecular complexity index is 1160. The minimum Gasteiger partial charge on any atom is -0.349 e. The molecule has 1 heterocycles. The predicted molar refractivity (Wildman–Crippen MR) is 125 cm³/mol. The van der Waals surface area contributed by atoms with Crippen LogP contribution in [0, 0.1) is 0 Å². The Balaban J connectivity index is 1.64. The fraction of sp³-hybridized carbons (Fsp3) is 0.0870. The average molecular weight is 543 g/mol. The molecule has 0 saturated carbocycles. The van der Waals surface area contributed by atoms with Gasteiger partial charge in [0.15, 0.2) is 5.54 Å². The fourth-order valence-electron chi connectivity index (χ4n) is 3.44. The van der Waals surface area contributed by atoms with Crippen molar-refractivity contribution in [2.45, 2.75) is 5.54 Å². The van der Waals surface area contributed by atoms with Crippen molar-refractivity contribution in [3.8, 4) is 0 Å². The van der Waals surface area contributed by atoms with Crippen molar-refractivity contribution >= 4 is 55.3 Å². The molecule has 1 aliphatic heterocycles. The molecule has 0 aliphatic carbocycles. The Morgan fingerprint density at radius 1 is 0.806 bits per heavy atom. The highest BCUT2D eigenvalue weighted by atomic mass is 79.9. The van der Waals surface area contributed by atoms with Crippen molar-refractivity contribution in [2.75, 3.05) is 11.9 Å². The topological polar surface area (TPSA) is 87.3 Å². The van der Waals surface area contributed by atoms with E-state index in [4.69, 9.17) is 0 Å². The molecule has 3 aromatic rings. The summed E-state index contributed by atoms with van der Waals surface area (Å²) in [7, 11) is 0. The summed E-state index contributed by atoms with van der Waals surface area (Å²) in [6.07, 6.45) is 0. The first-order valence-electron chi connectivity index (χ1n) is 9.42. The van der Waals surface area contributed by atoms with Gasteiger partial charge in [-0.25, -0.2) is 0 Å². The van der Waals surface area contributed by atoms with Crippen molar-refractivity contribution in [3.63, 3.8) is 0 Å². The molecular weight excluding hydrogens is 526 g/mol. The van der Waals surface area contributed by atoms with Gasteiger partial charge in [0.25, 0.3) is 17.7 Å². The number of nitrogens with one attached hydrogen (secondary N) is 3. The number of halogens is 2. The maximum absolute atomic E-state index is 13.1. The number of benzene rings is 3. The smallest absolute Gasteiger partial charge is 0.256 e. The highest BCUT2D eigenvalue weighted by Gasteiger charge is 2.48. The molecule has 0 radical (unpaired) electrons. The molecule has 156 valence electrons. The number of anilines is 1. The molecule has 1 atom stereocenters. The van der Waals surface area contributed by atoms with Crippen molar-refractivity contribution < 1.29 is 14.4 Å². The Morgan fingerprint density at radius 2 is 1.35 bits per heavy atom. The second kappa shape index (κ2) is 8.64. The summed E-state index contributed by atoms with van der Waals surface area (Å²) in [5.74, 6) is -1.17. The van der Waals surface area contributed by atoms with E-state index in [1.807, 2.05) is 0 Å². The minimum atomic E-state index is -1.44. The van der Waals surface area contributed by atoms with Crippen LogP contribution in [-0.2, 0) is 10.3 Å². The van der Waals surface area contributed by atoms with Gasteiger partial charge in [0.1, 0.15) is 0 Å². The number of fused-ring (bicyclic) bond motifs is 1. The van der Waals surface area contributed by atoms with E-state index in [0.29, 0.717) is 22.4 Å². The van der Waals surface area contributed by atoms with Gasteiger partial charge in [-0.1, -0.05) is 50.1 Å². The van der Waals surface area contributed by atoms with Gasteiger partial charge in [-0.2, -0.15) is 0 Å². The summed E-state index contributed by atoms with van der Waals surface area (Å²) in [5.41, 5.74) is 0.609. The van der Waals surface area contributed by atoms with E-state index < -0.39 is 17.4 Å². The van der Waals surface area contributed by atoms with Gasteiger partial charge in [-0.05, 0) is 54.6 Å². The summed E-state index contributed by atoms with van der Waals surface area (Å²) in [4.78, 5) is 38.8. The Kier molecular flexibility index (Phi) is 5.93. The standard InChI is InChI=1S/C23H17Br2N3O3/c24-16-9-5-14(6-10-16)20(29)26-13-23(18-3-1-2-4-19(18)27-22(23)31)28-21(30)15-7-11-17(25)12-8-15/h1-12H,13H2,(H,26,29)(H,27,31)(H,28,30). The van der Waals surface area contributed by atoms with Crippen molar-refractivity contribution in [1.29, 1.82) is 0 Å². The molecule has 8 heteroatoms. The Hall–Kier alpha value is -2.97. The summed E-state index contributed by atoms with van der Waals surface area (Å²) >= 11 is 6.69. The fourth-order valence-corrected chi connectivity index (χ4v) is 3.97. The number of carbonyl (C=O) groups is 3. The van der Waals surface area contributed by atoms with E-state index in [9.17, 15) is 14.4 Å².